The van der Waals surface area contributed by atoms with Crippen molar-refractivity contribution in [2.75, 3.05) is 0 Å². The Morgan fingerprint density at radius 3 is 1.64 bits per heavy atom. The summed E-state index contributed by atoms with van der Waals surface area (Å²) in [7, 11) is 0. The van der Waals surface area contributed by atoms with Crippen LogP contribution in [0.3, 0.4) is 0 Å². The molecular weight excluding hydrogens is 721 g/mol. The summed E-state index contributed by atoms with van der Waals surface area (Å²) in [4.78, 5) is 20.2. The number of oxazole rings is 1. The van der Waals surface area contributed by atoms with Gasteiger partial charge in [0.1, 0.15) is 5.52 Å². The molecule has 10 aromatic rings. The van der Waals surface area contributed by atoms with E-state index in [-0.39, 0.29) is 10.8 Å². The third kappa shape index (κ3) is 5.60. The van der Waals surface area contributed by atoms with Gasteiger partial charge in [0.15, 0.2) is 23.1 Å². The third-order valence-corrected chi connectivity index (χ3v) is 12.9. The van der Waals surface area contributed by atoms with Gasteiger partial charge in [0.2, 0.25) is 5.89 Å². The van der Waals surface area contributed by atoms with Gasteiger partial charge in [-0.25, -0.2) is 19.9 Å². The Labute approximate surface area is 343 Å². The molecule has 8 aromatic carbocycles. The zero-order chi connectivity index (χ0) is 39.9. The smallest absolute Gasteiger partial charge is 0.227 e. The Morgan fingerprint density at radius 1 is 0.390 bits per heavy atom. The van der Waals surface area contributed by atoms with Crippen LogP contribution in [0.15, 0.2) is 174 Å². The van der Waals surface area contributed by atoms with Crippen molar-refractivity contribution >= 4 is 32.6 Å². The number of nitrogens with zero attached hydrogens (tertiary/aromatic N) is 4. The molecular formula is C54H40N4O. The second-order valence-electron chi connectivity index (χ2n) is 16.7. The molecule has 0 bridgehead atoms. The molecule has 0 saturated carbocycles. The fourth-order valence-corrected chi connectivity index (χ4v) is 8.96. The molecule has 5 heteroatoms. The minimum atomic E-state index is -0.0296. The molecule has 0 N–H and O–H groups in total. The van der Waals surface area contributed by atoms with Gasteiger partial charge in [0.05, 0.1) is 0 Å². The lowest BCUT2D eigenvalue weighted by Crippen LogP contribution is -2.43. The highest BCUT2D eigenvalue weighted by atomic mass is 16.3. The first-order valence-electron chi connectivity index (χ1n) is 20.2. The monoisotopic (exact) mass is 760 g/mol. The van der Waals surface area contributed by atoms with E-state index in [2.05, 4.69) is 131 Å². The molecule has 0 unspecified atom stereocenters. The van der Waals surface area contributed by atoms with Crippen molar-refractivity contribution in [3.8, 4) is 67.9 Å². The number of hydrogen-bond acceptors (Lipinski definition) is 5. The second-order valence-corrected chi connectivity index (χ2v) is 16.7. The minimum absolute atomic E-state index is 0.00162. The van der Waals surface area contributed by atoms with Gasteiger partial charge in [-0.05, 0) is 90.7 Å². The van der Waals surface area contributed by atoms with Gasteiger partial charge >= 0.3 is 0 Å². The van der Waals surface area contributed by atoms with E-state index in [0.29, 0.717) is 23.4 Å². The van der Waals surface area contributed by atoms with E-state index in [1.165, 1.54) is 27.8 Å². The molecule has 2 heterocycles. The van der Waals surface area contributed by atoms with Crippen LogP contribution in [0, 0.1) is 0 Å². The summed E-state index contributed by atoms with van der Waals surface area (Å²) in [5.74, 6) is 2.45. The van der Waals surface area contributed by atoms with Crippen LogP contribution in [0.5, 0.6) is 0 Å². The van der Waals surface area contributed by atoms with E-state index in [0.717, 1.165) is 60.5 Å². The molecule has 0 amide bonds. The highest BCUT2D eigenvalue weighted by Crippen LogP contribution is 2.54. The molecule has 0 spiro atoms. The van der Waals surface area contributed by atoms with Gasteiger partial charge in [0, 0.05) is 27.6 Å². The van der Waals surface area contributed by atoms with Crippen LogP contribution in [0.1, 0.15) is 38.8 Å². The standard InChI is InChI=1S/C54H40N4O/c1-53(2)44-18-12-11-17-41(44)43-31-39(27-29-45(43)54(53,3)4)33-19-24-37(25-20-33)50-56-49(36-13-7-5-8-14-36)57-51(58-50)40-26-22-34-21-23-35-28-30-46-48(47(35)42(34)32-40)59-52(55-46)38-15-9-6-10-16-38/h5-32H,1-4H3. The summed E-state index contributed by atoms with van der Waals surface area (Å²) in [6, 6.07) is 59.5. The number of rotatable bonds is 5. The van der Waals surface area contributed by atoms with Crippen molar-refractivity contribution in [1.29, 1.82) is 0 Å². The van der Waals surface area contributed by atoms with Crippen molar-refractivity contribution < 1.29 is 4.42 Å². The van der Waals surface area contributed by atoms with E-state index >= 15 is 0 Å². The van der Waals surface area contributed by atoms with Crippen LogP contribution in [0.25, 0.3) is 101 Å². The van der Waals surface area contributed by atoms with Crippen molar-refractivity contribution in [1.82, 2.24) is 19.9 Å². The van der Waals surface area contributed by atoms with Crippen LogP contribution in [0.2, 0.25) is 0 Å². The van der Waals surface area contributed by atoms with E-state index < -0.39 is 0 Å². The number of fused-ring (bicyclic) bond motifs is 8. The number of hydrogen-bond donors (Lipinski definition) is 0. The molecule has 11 rings (SSSR count). The van der Waals surface area contributed by atoms with E-state index in [4.69, 9.17) is 24.4 Å². The molecule has 1 aliphatic rings. The quantitative estimate of drug-likeness (QED) is 0.163. The normalized spacial score (nSPS) is 14.0. The Balaban J connectivity index is 1.02. The van der Waals surface area contributed by atoms with Gasteiger partial charge in [0.25, 0.3) is 0 Å². The van der Waals surface area contributed by atoms with Gasteiger partial charge < -0.3 is 4.42 Å². The number of aromatic nitrogens is 4. The zero-order valence-electron chi connectivity index (χ0n) is 33.4. The summed E-state index contributed by atoms with van der Waals surface area (Å²) in [6.07, 6.45) is 0. The molecule has 0 radical (unpaired) electrons. The first-order chi connectivity index (χ1) is 28.7. The fourth-order valence-electron chi connectivity index (χ4n) is 8.96. The van der Waals surface area contributed by atoms with Gasteiger partial charge in [-0.1, -0.05) is 167 Å². The Bertz CT molecular complexity index is 3260. The maximum Gasteiger partial charge on any atom is 0.227 e. The molecule has 2 aromatic heterocycles. The summed E-state index contributed by atoms with van der Waals surface area (Å²) >= 11 is 0. The average Bonchev–Trinajstić information content (AvgIpc) is 3.73. The molecule has 282 valence electrons. The lowest BCUT2D eigenvalue weighted by molar-refractivity contribution is 0.299. The topological polar surface area (TPSA) is 64.7 Å². The Kier molecular flexibility index (Phi) is 7.79. The van der Waals surface area contributed by atoms with Crippen molar-refractivity contribution in [2.45, 2.75) is 38.5 Å². The molecule has 1 aliphatic carbocycles. The average molecular weight is 761 g/mol. The fraction of sp³-hybridized carbons (Fsp3) is 0.111. The third-order valence-electron chi connectivity index (χ3n) is 12.9. The predicted molar refractivity (Wildman–Crippen MR) is 241 cm³/mol. The summed E-state index contributed by atoms with van der Waals surface area (Å²) in [6.45, 7) is 9.49. The Morgan fingerprint density at radius 2 is 0.915 bits per heavy atom. The summed E-state index contributed by atoms with van der Waals surface area (Å²) in [5.41, 5.74) is 13.0. The molecule has 59 heavy (non-hydrogen) atoms. The maximum atomic E-state index is 6.52. The SMILES string of the molecule is CC1(C)c2ccccc2-c2cc(-c3ccc(-c4nc(-c5ccccc5)nc(-c5ccc6ccc7ccc8nc(-c9ccccc9)oc8c7c6c5)n4)cc3)ccc2C1(C)C. The highest BCUT2D eigenvalue weighted by molar-refractivity contribution is 6.18. The van der Waals surface area contributed by atoms with Gasteiger partial charge in [-0.3, -0.25) is 0 Å². The molecule has 0 aliphatic heterocycles. The first kappa shape index (κ1) is 35.0. The largest absolute Gasteiger partial charge is 0.435 e. The van der Waals surface area contributed by atoms with E-state index in [1.807, 2.05) is 66.7 Å². The lowest BCUT2D eigenvalue weighted by Gasteiger charge is -2.48. The molecule has 0 atom stereocenters. The summed E-state index contributed by atoms with van der Waals surface area (Å²) < 4.78 is 6.52. The van der Waals surface area contributed by atoms with Crippen molar-refractivity contribution in [3.05, 3.63) is 181 Å². The van der Waals surface area contributed by atoms with Crippen molar-refractivity contribution in [2.24, 2.45) is 0 Å². The first-order valence-corrected chi connectivity index (χ1v) is 20.2. The van der Waals surface area contributed by atoms with Crippen LogP contribution in [0.4, 0.5) is 0 Å². The predicted octanol–water partition coefficient (Wildman–Crippen LogP) is 13.9. The van der Waals surface area contributed by atoms with E-state index in [1.54, 1.807) is 0 Å². The van der Waals surface area contributed by atoms with Crippen LogP contribution in [-0.2, 0) is 10.8 Å². The van der Waals surface area contributed by atoms with Gasteiger partial charge in [-0.15, -0.1) is 0 Å². The van der Waals surface area contributed by atoms with Crippen LogP contribution >= 0.6 is 0 Å². The lowest BCUT2D eigenvalue weighted by atomic mass is 9.55. The summed E-state index contributed by atoms with van der Waals surface area (Å²) in [5, 5.41) is 4.24. The minimum Gasteiger partial charge on any atom is -0.435 e. The van der Waals surface area contributed by atoms with Crippen LogP contribution in [-0.4, -0.2) is 19.9 Å². The molecule has 0 fully saturated rings. The maximum absolute atomic E-state index is 6.52. The number of benzene rings is 8. The van der Waals surface area contributed by atoms with E-state index in [9.17, 15) is 0 Å². The molecule has 0 saturated heterocycles. The zero-order valence-corrected chi connectivity index (χ0v) is 33.4. The highest BCUT2D eigenvalue weighted by Gasteiger charge is 2.45. The molecule has 5 nitrogen and oxygen atoms in total. The van der Waals surface area contributed by atoms with Crippen molar-refractivity contribution in [3.63, 3.8) is 0 Å². The van der Waals surface area contributed by atoms with Gasteiger partial charge in [-0.2, -0.15) is 0 Å². The second kappa shape index (κ2) is 13.2. The Hall–Kier alpha value is -7.24. The van der Waals surface area contributed by atoms with Crippen LogP contribution < -0.4 is 0 Å².